The lowest BCUT2D eigenvalue weighted by Crippen LogP contribution is -2.36. The van der Waals surface area contributed by atoms with E-state index >= 15 is 0 Å². The molecule has 3 heteroatoms. The number of benzene rings is 6. The highest BCUT2D eigenvalue weighted by Gasteiger charge is 2.51. The molecule has 0 bridgehead atoms. The van der Waals surface area contributed by atoms with Crippen molar-refractivity contribution in [2.75, 3.05) is 4.90 Å². The van der Waals surface area contributed by atoms with Crippen LogP contribution in [0.25, 0.3) is 33.1 Å². The molecule has 0 amide bonds. The molecule has 1 aliphatic heterocycles. The van der Waals surface area contributed by atoms with Gasteiger partial charge < -0.3 is 9.32 Å². The molecule has 6 aromatic carbocycles. The highest BCUT2D eigenvalue weighted by atomic mass is 16.3. The molecular weight excluding hydrogens is 502 g/mol. The Morgan fingerprint density at radius 2 is 1.10 bits per heavy atom. The maximum absolute atomic E-state index is 13.7. The summed E-state index contributed by atoms with van der Waals surface area (Å²) in [4.78, 5) is 16.1. The molecule has 0 atom stereocenters. The van der Waals surface area contributed by atoms with Crippen LogP contribution in [0.2, 0.25) is 0 Å². The Kier molecular flexibility index (Phi) is 4.41. The Morgan fingerprint density at radius 1 is 0.488 bits per heavy atom. The standard InChI is InChI=1S/C38H23NO2/c40-37-26-15-5-11-21-35(26)41-36-23-32-27(22-28(36)37)25-14-4-6-16-29(25)38(32)30-17-7-9-19-33(30)39(24-12-2-1-3-13-24)34-20-10-8-18-31(34)38/h1-23H. The summed E-state index contributed by atoms with van der Waals surface area (Å²) in [6, 6.07) is 48.3. The summed E-state index contributed by atoms with van der Waals surface area (Å²) in [6.45, 7) is 0. The average molecular weight is 526 g/mol. The second-order valence-electron chi connectivity index (χ2n) is 10.8. The molecule has 3 nitrogen and oxygen atoms in total. The molecule has 7 aromatic rings. The summed E-state index contributed by atoms with van der Waals surface area (Å²) in [5.74, 6) is 0. The van der Waals surface area contributed by atoms with Crippen molar-refractivity contribution in [3.8, 4) is 11.1 Å². The predicted octanol–water partition coefficient (Wildman–Crippen LogP) is 9.09. The minimum Gasteiger partial charge on any atom is -0.456 e. The monoisotopic (exact) mass is 525 g/mol. The van der Waals surface area contributed by atoms with E-state index in [1.807, 2.05) is 24.3 Å². The average Bonchev–Trinajstić information content (AvgIpc) is 3.31. The lowest BCUT2D eigenvalue weighted by Gasteiger charge is -2.45. The zero-order valence-corrected chi connectivity index (χ0v) is 22.0. The molecule has 192 valence electrons. The van der Waals surface area contributed by atoms with E-state index in [0.717, 1.165) is 33.8 Å². The number of rotatable bonds is 1. The molecular formula is C38H23NO2. The SMILES string of the molecule is O=c1c2ccccc2oc2cc3c(cc12)-c1ccccc1C31c2ccccc2N(c2ccccc2)c2ccccc21. The van der Waals surface area contributed by atoms with Gasteiger partial charge in [-0.3, -0.25) is 4.79 Å². The lowest BCUT2D eigenvalue weighted by molar-refractivity contribution is 0.657. The minimum atomic E-state index is -0.581. The highest BCUT2D eigenvalue weighted by molar-refractivity contribution is 6.00. The molecule has 1 spiro atoms. The van der Waals surface area contributed by atoms with E-state index < -0.39 is 5.41 Å². The fourth-order valence-electron chi connectivity index (χ4n) is 7.25. The van der Waals surface area contributed by atoms with Crippen LogP contribution in [0.3, 0.4) is 0 Å². The van der Waals surface area contributed by atoms with Crippen LogP contribution in [0.4, 0.5) is 17.1 Å². The maximum Gasteiger partial charge on any atom is 0.200 e. The van der Waals surface area contributed by atoms with Crippen molar-refractivity contribution in [3.05, 3.63) is 172 Å². The number of anilines is 3. The van der Waals surface area contributed by atoms with Crippen molar-refractivity contribution >= 4 is 39.0 Å². The van der Waals surface area contributed by atoms with Crippen molar-refractivity contribution in [2.24, 2.45) is 0 Å². The summed E-state index contributed by atoms with van der Waals surface area (Å²) >= 11 is 0. The maximum atomic E-state index is 13.7. The molecule has 0 radical (unpaired) electrons. The van der Waals surface area contributed by atoms with Crippen molar-refractivity contribution in [1.29, 1.82) is 0 Å². The third-order valence-corrected chi connectivity index (χ3v) is 8.85. The van der Waals surface area contributed by atoms with E-state index in [0.29, 0.717) is 21.9 Å². The van der Waals surface area contributed by atoms with Crippen LogP contribution in [-0.4, -0.2) is 0 Å². The minimum absolute atomic E-state index is 0.00257. The van der Waals surface area contributed by atoms with E-state index in [9.17, 15) is 4.79 Å². The Labute approximate surface area is 236 Å². The molecule has 1 aliphatic carbocycles. The van der Waals surface area contributed by atoms with E-state index in [-0.39, 0.29) is 5.43 Å². The Hall–Kier alpha value is -5.41. The van der Waals surface area contributed by atoms with Gasteiger partial charge in [0.05, 0.1) is 27.6 Å². The van der Waals surface area contributed by atoms with Gasteiger partial charge in [-0.2, -0.15) is 0 Å². The van der Waals surface area contributed by atoms with Gasteiger partial charge in [0.2, 0.25) is 5.43 Å². The molecule has 9 rings (SSSR count). The number of fused-ring (bicyclic) bond motifs is 11. The van der Waals surface area contributed by atoms with Gasteiger partial charge in [-0.25, -0.2) is 0 Å². The topological polar surface area (TPSA) is 33.5 Å². The number of nitrogens with zero attached hydrogens (tertiary/aromatic N) is 1. The summed E-state index contributed by atoms with van der Waals surface area (Å²) in [5, 5.41) is 1.21. The summed E-state index contributed by atoms with van der Waals surface area (Å²) in [7, 11) is 0. The lowest BCUT2D eigenvalue weighted by atomic mass is 9.64. The van der Waals surface area contributed by atoms with Gasteiger partial charge in [0.25, 0.3) is 0 Å². The van der Waals surface area contributed by atoms with Crippen LogP contribution in [0.5, 0.6) is 0 Å². The first-order chi connectivity index (χ1) is 20.3. The second-order valence-corrected chi connectivity index (χ2v) is 10.8. The van der Waals surface area contributed by atoms with Gasteiger partial charge in [-0.15, -0.1) is 0 Å². The van der Waals surface area contributed by atoms with E-state index in [1.165, 1.54) is 16.7 Å². The van der Waals surface area contributed by atoms with Gasteiger partial charge in [0, 0.05) is 5.69 Å². The fraction of sp³-hybridized carbons (Fsp3) is 0.0263. The zero-order valence-electron chi connectivity index (χ0n) is 22.0. The summed E-state index contributed by atoms with van der Waals surface area (Å²) in [5.41, 5.74) is 11.0. The largest absolute Gasteiger partial charge is 0.456 e. The molecule has 2 heterocycles. The number of hydrogen-bond donors (Lipinski definition) is 0. The Morgan fingerprint density at radius 3 is 1.85 bits per heavy atom. The van der Waals surface area contributed by atoms with Gasteiger partial charge in [-0.1, -0.05) is 91.0 Å². The highest BCUT2D eigenvalue weighted by Crippen LogP contribution is 2.63. The van der Waals surface area contributed by atoms with Crippen LogP contribution < -0.4 is 10.3 Å². The Balaban J connectivity index is 1.46. The van der Waals surface area contributed by atoms with Crippen molar-refractivity contribution in [1.82, 2.24) is 0 Å². The second kappa shape index (κ2) is 8.06. The fourth-order valence-corrected chi connectivity index (χ4v) is 7.25. The molecule has 0 saturated carbocycles. The van der Waals surface area contributed by atoms with Crippen molar-refractivity contribution < 1.29 is 4.42 Å². The van der Waals surface area contributed by atoms with Crippen LogP contribution in [-0.2, 0) is 5.41 Å². The predicted molar refractivity (Wildman–Crippen MR) is 166 cm³/mol. The zero-order chi connectivity index (χ0) is 27.1. The third kappa shape index (κ3) is 2.80. The normalized spacial score (nSPS) is 14.1. The first-order valence-corrected chi connectivity index (χ1v) is 13.9. The number of para-hydroxylation sites is 4. The molecule has 0 fully saturated rings. The smallest absolute Gasteiger partial charge is 0.200 e. The van der Waals surface area contributed by atoms with E-state index in [1.54, 1.807) is 0 Å². The van der Waals surface area contributed by atoms with Gasteiger partial charge in [0.1, 0.15) is 11.2 Å². The van der Waals surface area contributed by atoms with Crippen LogP contribution in [0.1, 0.15) is 22.3 Å². The van der Waals surface area contributed by atoms with Crippen LogP contribution in [0, 0.1) is 0 Å². The first-order valence-electron chi connectivity index (χ1n) is 13.9. The van der Waals surface area contributed by atoms with Gasteiger partial charge in [-0.05, 0) is 81.9 Å². The van der Waals surface area contributed by atoms with Gasteiger partial charge in [0.15, 0.2) is 0 Å². The molecule has 1 aromatic heterocycles. The molecule has 41 heavy (non-hydrogen) atoms. The molecule has 0 saturated heterocycles. The summed E-state index contributed by atoms with van der Waals surface area (Å²) < 4.78 is 6.44. The van der Waals surface area contributed by atoms with E-state index in [2.05, 4.69) is 120 Å². The van der Waals surface area contributed by atoms with Crippen LogP contribution >= 0.6 is 0 Å². The number of hydrogen-bond acceptors (Lipinski definition) is 3. The van der Waals surface area contributed by atoms with Gasteiger partial charge >= 0.3 is 0 Å². The van der Waals surface area contributed by atoms with Crippen LogP contribution in [0.15, 0.2) is 149 Å². The van der Waals surface area contributed by atoms with Crippen molar-refractivity contribution in [2.45, 2.75) is 5.41 Å². The molecule has 2 aliphatic rings. The van der Waals surface area contributed by atoms with Crippen molar-refractivity contribution in [3.63, 3.8) is 0 Å². The summed E-state index contributed by atoms with van der Waals surface area (Å²) in [6.07, 6.45) is 0. The third-order valence-electron chi connectivity index (χ3n) is 8.85. The Bertz CT molecular complexity index is 2200. The quantitative estimate of drug-likeness (QED) is 0.200. The molecule has 0 unspecified atom stereocenters. The van der Waals surface area contributed by atoms with E-state index in [4.69, 9.17) is 4.42 Å². The molecule has 0 N–H and O–H groups in total. The first kappa shape index (κ1) is 22.4.